The zero-order valence-corrected chi connectivity index (χ0v) is 7.81. The summed E-state index contributed by atoms with van der Waals surface area (Å²) in [6.07, 6.45) is 3.66. The van der Waals surface area contributed by atoms with Crippen LogP contribution >= 0.6 is 0 Å². The van der Waals surface area contributed by atoms with Crippen LogP contribution in [0.4, 0.5) is 0 Å². The second kappa shape index (κ2) is 5.67. The van der Waals surface area contributed by atoms with E-state index in [1.807, 2.05) is 19.1 Å². The first-order valence-corrected chi connectivity index (χ1v) is 4.47. The highest BCUT2D eigenvalue weighted by Gasteiger charge is 2.04. The molecule has 1 N–H and O–H groups in total. The summed E-state index contributed by atoms with van der Waals surface area (Å²) in [5, 5.41) is 9.49. The highest BCUT2D eigenvalue weighted by molar-refractivity contribution is 5.10. The van der Waals surface area contributed by atoms with Crippen molar-refractivity contribution in [1.29, 1.82) is 0 Å². The number of nitrogens with zero attached hydrogens (tertiary/aromatic N) is 1. The van der Waals surface area contributed by atoms with Gasteiger partial charge in [-0.25, -0.2) is 0 Å². The third kappa shape index (κ3) is 4.01. The van der Waals surface area contributed by atoms with Gasteiger partial charge in [0.1, 0.15) is 0 Å². The molecule has 0 aromatic carbocycles. The molecule has 1 rings (SSSR count). The normalized spacial score (nSPS) is 12.8. The predicted molar refractivity (Wildman–Crippen MR) is 50.4 cm³/mol. The van der Waals surface area contributed by atoms with E-state index in [9.17, 15) is 5.11 Å². The van der Waals surface area contributed by atoms with Crippen LogP contribution in [0.1, 0.15) is 12.5 Å². The second-order valence-corrected chi connectivity index (χ2v) is 2.87. The van der Waals surface area contributed by atoms with Crippen LogP contribution in [0.3, 0.4) is 0 Å². The van der Waals surface area contributed by atoms with Crippen LogP contribution in [0.15, 0.2) is 24.5 Å². The molecule has 13 heavy (non-hydrogen) atoms. The molecule has 1 aromatic heterocycles. The number of rotatable bonds is 5. The van der Waals surface area contributed by atoms with E-state index in [-0.39, 0.29) is 0 Å². The van der Waals surface area contributed by atoms with Gasteiger partial charge < -0.3 is 9.84 Å². The molecule has 0 saturated carbocycles. The van der Waals surface area contributed by atoms with Crippen molar-refractivity contribution >= 4 is 0 Å². The first kappa shape index (κ1) is 10.2. The third-order valence-corrected chi connectivity index (χ3v) is 1.74. The fraction of sp³-hybridized carbons (Fsp3) is 0.500. The Balaban J connectivity index is 2.32. The fourth-order valence-corrected chi connectivity index (χ4v) is 1.10. The number of aliphatic hydroxyl groups excluding tert-OH is 1. The van der Waals surface area contributed by atoms with Crippen LogP contribution in [0.5, 0.6) is 0 Å². The molecule has 0 aliphatic heterocycles. The molecule has 0 fully saturated rings. The standard InChI is InChI=1S/C10H15NO2/c1-2-13-8-10(12)7-9-3-5-11-6-4-9/h3-6,10,12H,2,7-8H2,1H3. The summed E-state index contributed by atoms with van der Waals surface area (Å²) in [5.41, 5.74) is 1.09. The SMILES string of the molecule is CCOCC(O)Cc1ccncc1. The number of ether oxygens (including phenoxy) is 1. The van der Waals surface area contributed by atoms with Gasteiger partial charge in [0.2, 0.25) is 0 Å². The van der Waals surface area contributed by atoms with E-state index in [4.69, 9.17) is 4.74 Å². The maximum absolute atomic E-state index is 9.49. The summed E-state index contributed by atoms with van der Waals surface area (Å²) in [6.45, 7) is 2.96. The third-order valence-electron chi connectivity index (χ3n) is 1.74. The van der Waals surface area contributed by atoms with E-state index >= 15 is 0 Å². The minimum Gasteiger partial charge on any atom is -0.390 e. The Morgan fingerprint density at radius 1 is 1.46 bits per heavy atom. The molecule has 72 valence electrons. The number of pyridine rings is 1. The Hall–Kier alpha value is -0.930. The molecular formula is C10H15NO2. The minimum atomic E-state index is -0.414. The van der Waals surface area contributed by atoms with E-state index in [1.165, 1.54) is 0 Å². The van der Waals surface area contributed by atoms with Gasteiger partial charge in [-0.15, -0.1) is 0 Å². The molecule has 0 radical (unpaired) electrons. The molecule has 0 saturated heterocycles. The Bertz CT molecular complexity index is 226. The maximum Gasteiger partial charge on any atom is 0.0813 e. The molecule has 0 aliphatic rings. The summed E-state index contributed by atoms with van der Waals surface area (Å²) >= 11 is 0. The lowest BCUT2D eigenvalue weighted by atomic mass is 10.1. The first-order valence-electron chi connectivity index (χ1n) is 4.47. The second-order valence-electron chi connectivity index (χ2n) is 2.87. The predicted octanol–water partition coefficient (Wildman–Crippen LogP) is 1.02. The van der Waals surface area contributed by atoms with Crippen molar-refractivity contribution in [3.63, 3.8) is 0 Å². The highest BCUT2D eigenvalue weighted by Crippen LogP contribution is 2.01. The van der Waals surface area contributed by atoms with E-state index in [0.717, 1.165) is 5.56 Å². The maximum atomic E-state index is 9.49. The van der Waals surface area contributed by atoms with Crippen LogP contribution in [0.25, 0.3) is 0 Å². The average molecular weight is 181 g/mol. The van der Waals surface area contributed by atoms with Crippen LogP contribution in [0.2, 0.25) is 0 Å². The van der Waals surface area contributed by atoms with Crippen LogP contribution in [-0.4, -0.2) is 29.4 Å². The van der Waals surface area contributed by atoms with Gasteiger partial charge in [-0.3, -0.25) is 4.98 Å². The number of aliphatic hydroxyl groups is 1. The molecule has 1 heterocycles. The van der Waals surface area contributed by atoms with Crippen molar-refractivity contribution < 1.29 is 9.84 Å². The van der Waals surface area contributed by atoms with Crippen molar-refractivity contribution in [2.24, 2.45) is 0 Å². The molecule has 3 nitrogen and oxygen atoms in total. The van der Waals surface area contributed by atoms with Crippen molar-refractivity contribution in [3.8, 4) is 0 Å². The fourth-order valence-electron chi connectivity index (χ4n) is 1.10. The van der Waals surface area contributed by atoms with E-state index in [0.29, 0.717) is 19.6 Å². The smallest absolute Gasteiger partial charge is 0.0813 e. The van der Waals surface area contributed by atoms with Gasteiger partial charge in [0, 0.05) is 25.4 Å². The van der Waals surface area contributed by atoms with Crippen molar-refractivity contribution in [2.75, 3.05) is 13.2 Å². The lowest BCUT2D eigenvalue weighted by molar-refractivity contribution is 0.0430. The minimum absolute atomic E-state index is 0.402. The highest BCUT2D eigenvalue weighted by atomic mass is 16.5. The van der Waals surface area contributed by atoms with Crippen LogP contribution in [0, 0.1) is 0 Å². The van der Waals surface area contributed by atoms with Gasteiger partial charge in [-0.2, -0.15) is 0 Å². The summed E-state index contributed by atoms with van der Waals surface area (Å²) in [6, 6.07) is 3.80. The van der Waals surface area contributed by atoms with Crippen molar-refractivity contribution in [1.82, 2.24) is 4.98 Å². The molecule has 1 unspecified atom stereocenters. The summed E-state index contributed by atoms with van der Waals surface area (Å²) in [5.74, 6) is 0. The molecule has 0 aliphatic carbocycles. The Labute approximate surface area is 78.4 Å². The average Bonchev–Trinajstić information content (AvgIpc) is 2.16. The molecule has 3 heteroatoms. The van der Waals surface area contributed by atoms with Crippen LogP contribution in [-0.2, 0) is 11.2 Å². The lowest BCUT2D eigenvalue weighted by Crippen LogP contribution is -2.17. The molecule has 0 bridgehead atoms. The number of hydrogen-bond acceptors (Lipinski definition) is 3. The zero-order valence-electron chi connectivity index (χ0n) is 7.81. The zero-order chi connectivity index (χ0) is 9.52. The van der Waals surface area contributed by atoms with Crippen molar-refractivity contribution in [3.05, 3.63) is 30.1 Å². The summed E-state index contributed by atoms with van der Waals surface area (Å²) in [4.78, 5) is 3.90. The van der Waals surface area contributed by atoms with Gasteiger partial charge in [0.05, 0.1) is 12.7 Å². The van der Waals surface area contributed by atoms with E-state index < -0.39 is 6.10 Å². The molecule has 0 spiro atoms. The Morgan fingerprint density at radius 2 is 2.15 bits per heavy atom. The molecule has 1 aromatic rings. The first-order chi connectivity index (χ1) is 6.33. The van der Waals surface area contributed by atoms with Gasteiger partial charge in [-0.1, -0.05) is 0 Å². The van der Waals surface area contributed by atoms with Gasteiger partial charge in [0.15, 0.2) is 0 Å². The lowest BCUT2D eigenvalue weighted by Gasteiger charge is -2.09. The van der Waals surface area contributed by atoms with E-state index in [2.05, 4.69) is 4.98 Å². The molecule has 1 atom stereocenters. The quantitative estimate of drug-likeness (QED) is 0.737. The van der Waals surface area contributed by atoms with Gasteiger partial charge >= 0.3 is 0 Å². The number of aromatic nitrogens is 1. The topological polar surface area (TPSA) is 42.4 Å². The molecule has 0 amide bonds. The van der Waals surface area contributed by atoms with Crippen molar-refractivity contribution in [2.45, 2.75) is 19.4 Å². The molecular weight excluding hydrogens is 166 g/mol. The van der Waals surface area contributed by atoms with Gasteiger partial charge in [-0.05, 0) is 24.6 Å². The monoisotopic (exact) mass is 181 g/mol. The summed E-state index contributed by atoms with van der Waals surface area (Å²) in [7, 11) is 0. The summed E-state index contributed by atoms with van der Waals surface area (Å²) < 4.78 is 5.10. The van der Waals surface area contributed by atoms with Crippen LogP contribution < -0.4 is 0 Å². The number of hydrogen-bond donors (Lipinski definition) is 1. The van der Waals surface area contributed by atoms with E-state index in [1.54, 1.807) is 12.4 Å². The Kier molecular flexibility index (Phi) is 4.43. The van der Waals surface area contributed by atoms with Gasteiger partial charge in [0.25, 0.3) is 0 Å². The largest absolute Gasteiger partial charge is 0.390 e. The Morgan fingerprint density at radius 3 is 2.77 bits per heavy atom.